The maximum absolute atomic E-state index is 6.32. The highest BCUT2D eigenvalue weighted by molar-refractivity contribution is 6.00. The van der Waals surface area contributed by atoms with Gasteiger partial charge in [0.2, 0.25) is 0 Å². The summed E-state index contributed by atoms with van der Waals surface area (Å²) in [5.41, 5.74) is 9.31. The fraction of sp³-hybridized carbons (Fsp3) is 0.111. The van der Waals surface area contributed by atoms with E-state index < -0.39 is 0 Å². The molecule has 0 atom stereocenters. The van der Waals surface area contributed by atoms with Gasteiger partial charge in [-0.3, -0.25) is 0 Å². The molecule has 0 unspecified atom stereocenters. The Morgan fingerprint density at radius 2 is 1.65 bits per heavy atom. The normalized spacial score (nSPS) is 10.7. The maximum Gasteiger partial charge on any atom is 0.119 e. The molecule has 3 aromatic carbocycles. The van der Waals surface area contributed by atoms with Gasteiger partial charge < -0.3 is 10.5 Å². The van der Waals surface area contributed by atoms with E-state index in [0.717, 1.165) is 28.0 Å². The highest BCUT2D eigenvalue weighted by Gasteiger charge is 2.06. The molecule has 0 fully saturated rings. The summed E-state index contributed by atoms with van der Waals surface area (Å²) in [4.78, 5) is 0. The van der Waals surface area contributed by atoms with Gasteiger partial charge in [-0.05, 0) is 30.0 Å². The number of fused-ring (bicyclic) bond motifs is 1. The van der Waals surface area contributed by atoms with Crippen molar-refractivity contribution in [3.8, 4) is 16.9 Å². The minimum atomic E-state index is 0.678. The average Bonchev–Trinajstić information content (AvgIpc) is 2.49. The van der Waals surface area contributed by atoms with Crippen molar-refractivity contribution >= 4 is 16.5 Å². The third kappa shape index (κ3) is 2.21. The minimum absolute atomic E-state index is 0.678. The summed E-state index contributed by atoms with van der Waals surface area (Å²) in [5.74, 6) is 0.885. The van der Waals surface area contributed by atoms with Crippen LogP contribution in [0.4, 0.5) is 5.69 Å². The monoisotopic (exact) mass is 263 g/mol. The molecule has 0 aliphatic carbocycles. The summed E-state index contributed by atoms with van der Waals surface area (Å²) in [6.45, 7) is 2.66. The number of hydrogen-bond acceptors (Lipinski definition) is 2. The Balaban J connectivity index is 2.07. The van der Waals surface area contributed by atoms with Crippen LogP contribution >= 0.6 is 0 Å². The summed E-state index contributed by atoms with van der Waals surface area (Å²) < 4.78 is 5.47. The van der Waals surface area contributed by atoms with Crippen LogP contribution in [0.2, 0.25) is 0 Å². The number of benzene rings is 3. The Bertz CT molecular complexity index is 732. The number of hydrogen-bond donors (Lipinski definition) is 1. The van der Waals surface area contributed by atoms with Gasteiger partial charge in [0, 0.05) is 16.6 Å². The van der Waals surface area contributed by atoms with Crippen molar-refractivity contribution in [1.29, 1.82) is 0 Å². The standard InChI is InChI=1S/C18H17NO/c1-2-20-15-10-7-14(8-11-15)17-12-9-13-5-3-4-6-16(13)18(17)19/h3-12H,2,19H2,1H3. The van der Waals surface area contributed by atoms with Gasteiger partial charge in [0.25, 0.3) is 0 Å². The lowest BCUT2D eigenvalue weighted by atomic mass is 9.99. The summed E-state index contributed by atoms with van der Waals surface area (Å²) >= 11 is 0. The fourth-order valence-corrected chi connectivity index (χ4v) is 2.44. The summed E-state index contributed by atoms with van der Waals surface area (Å²) in [6, 6.07) is 20.4. The molecule has 0 spiro atoms. The Morgan fingerprint density at radius 1 is 0.900 bits per heavy atom. The van der Waals surface area contributed by atoms with Gasteiger partial charge in [0.15, 0.2) is 0 Å². The summed E-state index contributed by atoms with van der Waals surface area (Å²) in [6.07, 6.45) is 0. The molecule has 3 rings (SSSR count). The molecule has 2 heteroatoms. The van der Waals surface area contributed by atoms with Crippen molar-refractivity contribution in [2.24, 2.45) is 0 Å². The van der Waals surface area contributed by atoms with Crippen molar-refractivity contribution in [2.75, 3.05) is 12.3 Å². The zero-order valence-electron chi connectivity index (χ0n) is 11.5. The van der Waals surface area contributed by atoms with Gasteiger partial charge >= 0.3 is 0 Å². The van der Waals surface area contributed by atoms with Crippen molar-refractivity contribution in [1.82, 2.24) is 0 Å². The van der Waals surface area contributed by atoms with Gasteiger partial charge in [-0.2, -0.15) is 0 Å². The zero-order valence-corrected chi connectivity index (χ0v) is 11.5. The average molecular weight is 263 g/mol. The SMILES string of the molecule is CCOc1ccc(-c2ccc3ccccc3c2N)cc1. The van der Waals surface area contributed by atoms with E-state index in [2.05, 4.69) is 24.3 Å². The Labute approximate surface area is 118 Å². The molecular formula is C18H17NO. The highest BCUT2D eigenvalue weighted by atomic mass is 16.5. The van der Waals surface area contributed by atoms with E-state index in [4.69, 9.17) is 10.5 Å². The highest BCUT2D eigenvalue weighted by Crippen LogP contribution is 2.33. The van der Waals surface area contributed by atoms with Crippen LogP contribution in [0.5, 0.6) is 5.75 Å². The molecule has 20 heavy (non-hydrogen) atoms. The predicted octanol–water partition coefficient (Wildman–Crippen LogP) is 4.49. The van der Waals surface area contributed by atoms with E-state index in [-0.39, 0.29) is 0 Å². The van der Waals surface area contributed by atoms with Gasteiger partial charge in [-0.25, -0.2) is 0 Å². The molecule has 2 nitrogen and oxygen atoms in total. The maximum atomic E-state index is 6.32. The molecule has 3 aromatic rings. The van der Waals surface area contributed by atoms with Crippen molar-refractivity contribution in [2.45, 2.75) is 6.92 Å². The number of anilines is 1. The second-order valence-corrected chi connectivity index (χ2v) is 4.71. The molecule has 2 N–H and O–H groups in total. The number of rotatable bonds is 3. The van der Waals surface area contributed by atoms with Crippen molar-refractivity contribution in [3.05, 3.63) is 60.7 Å². The largest absolute Gasteiger partial charge is 0.494 e. The second kappa shape index (κ2) is 5.25. The van der Waals surface area contributed by atoms with Crippen LogP contribution in [0.25, 0.3) is 21.9 Å². The third-order valence-corrected chi connectivity index (χ3v) is 3.45. The topological polar surface area (TPSA) is 35.2 Å². The van der Waals surface area contributed by atoms with Crippen LogP contribution in [0.15, 0.2) is 60.7 Å². The van der Waals surface area contributed by atoms with Gasteiger partial charge in [0.05, 0.1) is 6.61 Å². The third-order valence-electron chi connectivity index (χ3n) is 3.45. The van der Waals surface area contributed by atoms with Crippen molar-refractivity contribution in [3.63, 3.8) is 0 Å². The van der Waals surface area contributed by atoms with Gasteiger partial charge in [0.1, 0.15) is 5.75 Å². The Kier molecular flexibility index (Phi) is 3.30. The van der Waals surface area contributed by atoms with Gasteiger partial charge in [-0.1, -0.05) is 48.5 Å². The lowest BCUT2D eigenvalue weighted by Gasteiger charge is -2.10. The number of nitrogen functional groups attached to an aromatic ring is 1. The number of ether oxygens (including phenoxy) is 1. The molecule has 0 saturated carbocycles. The first-order valence-corrected chi connectivity index (χ1v) is 6.80. The molecule has 0 heterocycles. The lowest BCUT2D eigenvalue weighted by Crippen LogP contribution is -1.93. The van der Waals surface area contributed by atoms with E-state index in [1.54, 1.807) is 0 Å². The molecule has 0 radical (unpaired) electrons. The predicted molar refractivity (Wildman–Crippen MR) is 85.0 cm³/mol. The van der Waals surface area contributed by atoms with Gasteiger partial charge in [-0.15, -0.1) is 0 Å². The van der Waals surface area contributed by atoms with E-state index in [0.29, 0.717) is 6.61 Å². The van der Waals surface area contributed by atoms with Crippen LogP contribution in [-0.2, 0) is 0 Å². The summed E-state index contributed by atoms with van der Waals surface area (Å²) in [7, 11) is 0. The van der Waals surface area contributed by atoms with Crippen LogP contribution in [0, 0.1) is 0 Å². The molecule has 0 aliphatic heterocycles. The molecule has 0 aromatic heterocycles. The van der Waals surface area contributed by atoms with Crippen LogP contribution < -0.4 is 10.5 Å². The first kappa shape index (κ1) is 12.5. The molecular weight excluding hydrogens is 246 g/mol. The lowest BCUT2D eigenvalue weighted by molar-refractivity contribution is 0.340. The second-order valence-electron chi connectivity index (χ2n) is 4.71. The fourth-order valence-electron chi connectivity index (χ4n) is 2.44. The first-order valence-electron chi connectivity index (χ1n) is 6.80. The molecule has 0 aliphatic rings. The van der Waals surface area contributed by atoms with E-state index in [1.165, 1.54) is 5.39 Å². The minimum Gasteiger partial charge on any atom is -0.494 e. The molecule has 0 bridgehead atoms. The van der Waals surface area contributed by atoms with E-state index >= 15 is 0 Å². The summed E-state index contributed by atoms with van der Waals surface area (Å²) in [5, 5.41) is 2.26. The quantitative estimate of drug-likeness (QED) is 0.707. The van der Waals surface area contributed by atoms with Crippen LogP contribution in [-0.4, -0.2) is 6.61 Å². The van der Waals surface area contributed by atoms with Crippen LogP contribution in [0.3, 0.4) is 0 Å². The van der Waals surface area contributed by atoms with E-state index in [9.17, 15) is 0 Å². The Morgan fingerprint density at radius 3 is 2.40 bits per heavy atom. The smallest absolute Gasteiger partial charge is 0.119 e. The first-order chi connectivity index (χ1) is 9.79. The van der Waals surface area contributed by atoms with Crippen LogP contribution in [0.1, 0.15) is 6.92 Å². The molecule has 0 saturated heterocycles. The number of nitrogens with two attached hydrogens (primary N) is 1. The van der Waals surface area contributed by atoms with E-state index in [1.807, 2.05) is 43.3 Å². The molecule has 100 valence electrons. The zero-order chi connectivity index (χ0) is 13.9. The molecule has 0 amide bonds. The Hall–Kier alpha value is -2.48. The van der Waals surface area contributed by atoms with Crippen molar-refractivity contribution < 1.29 is 4.74 Å².